The minimum absolute atomic E-state index is 0.333. The van der Waals surface area contributed by atoms with Crippen LogP contribution in [-0.4, -0.2) is 18.1 Å². The van der Waals surface area contributed by atoms with E-state index in [1.54, 1.807) is 12.1 Å². The Bertz CT molecular complexity index is 1150. The second kappa shape index (κ2) is 7.53. The highest BCUT2D eigenvalue weighted by atomic mass is 16.5. The maximum Gasteiger partial charge on any atom is 0.337 e. The van der Waals surface area contributed by atoms with Gasteiger partial charge in [0.1, 0.15) is 5.52 Å². The lowest BCUT2D eigenvalue weighted by atomic mass is 10.1. The summed E-state index contributed by atoms with van der Waals surface area (Å²) in [5.41, 5.74) is 6.37. The maximum absolute atomic E-state index is 11.5. The number of carbonyl (C=O) groups excluding carboxylic acids is 1. The standard InChI is InChI=1S/C24H19NO3/c1-16-3-14-22-21(15-16)25-23(28-22)19-10-6-17(7-11-19)4-5-18-8-12-20(13-9-18)24(26)27-2/h3-15H,1-2H3/b5-4-. The van der Waals surface area contributed by atoms with Crippen LogP contribution in [0.1, 0.15) is 27.0 Å². The number of oxazole rings is 1. The molecule has 0 N–H and O–H groups in total. The first-order valence-electron chi connectivity index (χ1n) is 8.96. The second-order valence-electron chi connectivity index (χ2n) is 6.56. The Labute approximate surface area is 163 Å². The summed E-state index contributed by atoms with van der Waals surface area (Å²) in [6.45, 7) is 2.04. The van der Waals surface area contributed by atoms with Gasteiger partial charge in [-0.1, -0.05) is 42.5 Å². The maximum atomic E-state index is 11.5. The van der Waals surface area contributed by atoms with Gasteiger partial charge in [0.25, 0.3) is 0 Å². The molecule has 1 aromatic heterocycles. The van der Waals surface area contributed by atoms with Crippen molar-refractivity contribution >= 4 is 29.2 Å². The fourth-order valence-corrected chi connectivity index (χ4v) is 2.94. The zero-order valence-corrected chi connectivity index (χ0v) is 15.7. The summed E-state index contributed by atoms with van der Waals surface area (Å²) in [5.74, 6) is 0.287. The van der Waals surface area contributed by atoms with Gasteiger partial charge < -0.3 is 9.15 Å². The number of esters is 1. The van der Waals surface area contributed by atoms with E-state index in [0.717, 1.165) is 33.4 Å². The van der Waals surface area contributed by atoms with Gasteiger partial charge in [0.2, 0.25) is 5.89 Å². The van der Waals surface area contributed by atoms with Crippen LogP contribution in [0.25, 0.3) is 34.7 Å². The molecular weight excluding hydrogens is 350 g/mol. The Morgan fingerprint density at radius 1 is 0.929 bits per heavy atom. The van der Waals surface area contributed by atoms with Crippen LogP contribution in [0.2, 0.25) is 0 Å². The van der Waals surface area contributed by atoms with E-state index >= 15 is 0 Å². The van der Waals surface area contributed by atoms with Crippen molar-refractivity contribution in [1.29, 1.82) is 0 Å². The number of benzene rings is 3. The predicted molar refractivity (Wildman–Crippen MR) is 111 cm³/mol. The van der Waals surface area contributed by atoms with E-state index in [4.69, 9.17) is 9.15 Å². The number of ether oxygens (including phenoxy) is 1. The number of nitrogens with zero attached hydrogens (tertiary/aromatic N) is 1. The first-order valence-corrected chi connectivity index (χ1v) is 8.96. The zero-order chi connectivity index (χ0) is 19.5. The molecule has 0 saturated carbocycles. The smallest absolute Gasteiger partial charge is 0.337 e. The number of fused-ring (bicyclic) bond motifs is 1. The van der Waals surface area contributed by atoms with Crippen LogP contribution in [0, 0.1) is 6.92 Å². The van der Waals surface area contributed by atoms with Gasteiger partial charge in [0, 0.05) is 5.56 Å². The van der Waals surface area contributed by atoms with Crippen LogP contribution >= 0.6 is 0 Å². The monoisotopic (exact) mass is 369 g/mol. The summed E-state index contributed by atoms with van der Waals surface area (Å²) in [7, 11) is 1.38. The minimum atomic E-state index is -0.333. The van der Waals surface area contributed by atoms with E-state index in [1.165, 1.54) is 7.11 Å². The number of rotatable bonds is 4. The predicted octanol–water partition coefficient (Wildman–Crippen LogP) is 5.76. The molecule has 138 valence electrons. The fourth-order valence-electron chi connectivity index (χ4n) is 2.94. The Morgan fingerprint density at radius 3 is 2.21 bits per heavy atom. The summed E-state index contributed by atoms with van der Waals surface area (Å²) in [5, 5.41) is 0. The van der Waals surface area contributed by atoms with Gasteiger partial charge in [0.05, 0.1) is 12.7 Å². The van der Waals surface area contributed by atoms with E-state index in [2.05, 4.69) is 4.98 Å². The van der Waals surface area contributed by atoms with Crippen LogP contribution in [-0.2, 0) is 4.74 Å². The molecule has 0 amide bonds. The highest BCUT2D eigenvalue weighted by Crippen LogP contribution is 2.25. The van der Waals surface area contributed by atoms with Crippen molar-refractivity contribution in [1.82, 2.24) is 4.98 Å². The molecule has 0 spiro atoms. The largest absolute Gasteiger partial charge is 0.465 e. The molecule has 0 radical (unpaired) electrons. The summed E-state index contributed by atoms with van der Waals surface area (Å²) in [6, 6.07) is 21.3. The van der Waals surface area contributed by atoms with Crippen molar-refractivity contribution < 1.29 is 13.9 Å². The molecule has 1 heterocycles. The molecule has 28 heavy (non-hydrogen) atoms. The van der Waals surface area contributed by atoms with E-state index in [-0.39, 0.29) is 5.97 Å². The average molecular weight is 369 g/mol. The molecule has 0 aliphatic carbocycles. The molecular formula is C24H19NO3. The summed E-state index contributed by atoms with van der Waals surface area (Å²) in [4.78, 5) is 16.0. The van der Waals surface area contributed by atoms with Crippen molar-refractivity contribution in [2.45, 2.75) is 6.92 Å². The highest BCUT2D eigenvalue weighted by Gasteiger charge is 2.08. The van der Waals surface area contributed by atoms with Crippen molar-refractivity contribution in [3.8, 4) is 11.5 Å². The summed E-state index contributed by atoms with van der Waals surface area (Å²) in [6.07, 6.45) is 4.02. The number of hydrogen-bond donors (Lipinski definition) is 0. The minimum Gasteiger partial charge on any atom is -0.465 e. The number of hydrogen-bond acceptors (Lipinski definition) is 4. The van der Waals surface area contributed by atoms with Crippen LogP contribution < -0.4 is 0 Å². The molecule has 4 nitrogen and oxygen atoms in total. The van der Waals surface area contributed by atoms with E-state index < -0.39 is 0 Å². The third-order valence-corrected chi connectivity index (χ3v) is 4.50. The Balaban J connectivity index is 1.51. The van der Waals surface area contributed by atoms with Gasteiger partial charge in [-0.3, -0.25) is 0 Å². The van der Waals surface area contributed by atoms with E-state index in [0.29, 0.717) is 11.5 Å². The third kappa shape index (κ3) is 3.71. The Morgan fingerprint density at radius 2 is 1.57 bits per heavy atom. The van der Waals surface area contributed by atoms with Gasteiger partial charge in [-0.2, -0.15) is 0 Å². The van der Waals surface area contributed by atoms with Crippen molar-refractivity contribution in [2.75, 3.05) is 7.11 Å². The quantitative estimate of drug-likeness (QED) is 0.339. The lowest BCUT2D eigenvalue weighted by Gasteiger charge is -2.00. The molecule has 0 aliphatic heterocycles. The molecule has 0 saturated heterocycles. The number of aromatic nitrogens is 1. The fraction of sp³-hybridized carbons (Fsp3) is 0.0833. The van der Waals surface area contributed by atoms with Crippen molar-refractivity contribution in [2.24, 2.45) is 0 Å². The first-order chi connectivity index (χ1) is 13.6. The topological polar surface area (TPSA) is 52.3 Å². The van der Waals surface area contributed by atoms with Gasteiger partial charge in [-0.15, -0.1) is 0 Å². The average Bonchev–Trinajstić information content (AvgIpc) is 3.15. The molecule has 0 unspecified atom stereocenters. The number of aryl methyl sites for hydroxylation is 1. The molecule has 0 bridgehead atoms. The third-order valence-electron chi connectivity index (χ3n) is 4.50. The Kier molecular flexibility index (Phi) is 4.77. The molecule has 4 rings (SSSR count). The molecule has 0 atom stereocenters. The molecule has 3 aromatic carbocycles. The van der Waals surface area contributed by atoms with Crippen molar-refractivity contribution in [3.63, 3.8) is 0 Å². The molecule has 4 aromatic rings. The van der Waals surface area contributed by atoms with Crippen LogP contribution in [0.4, 0.5) is 0 Å². The highest BCUT2D eigenvalue weighted by molar-refractivity contribution is 5.89. The Hall–Kier alpha value is -3.66. The lowest BCUT2D eigenvalue weighted by Crippen LogP contribution is -2.00. The second-order valence-corrected chi connectivity index (χ2v) is 6.56. The first kappa shape index (κ1) is 17.7. The van der Waals surface area contributed by atoms with Crippen LogP contribution in [0.15, 0.2) is 71.1 Å². The van der Waals surface area contributed by atoms with Gasteiger partial charge in [-0.05, 0) is 60.0 Å². The zero-order valence-electron chi connectivity index (χ0n) is 15.7. The van der Waals surface area contributed by atoms with E-state index in [1.807, 2.05) is 73.7 Å². The van der Waals surface area contributed by atoms with Gasteiger partial charge in [0.15, 0.2) is 5.58 Å². The van der Waals surface area contributed by atoms with Gasteiger partial charge in [-0.25, -0.2) is 9.78 Å². The normalized spacial score (nSPS) is 11.2. The lowest BCUT2D eigenvalue weighted by molar-refractivity contribution is 0.0600. The molecule has 0 fully saturated rings. The molecule has 4 heteroatoms. The van der Waals surface area contributed by atoms with Crippen molar-refractivity contribution in [3.05, 3.63) is 89.0 Å². The number of carbonyl (C=O) groups is 1. The van der Waals surface area contributed by atoms with Crippen LogP contribution in [0.5, 0.6) is 0 Å². The van der Waals surface area contributed by atoms with Gasteiger partial charge >= 0.3 is 5.97 Å². The number of methoxy groups -OCH3 is 1. The SMILES string of the molecule is COC(=O)c1ccc(/C=C\c2ccc(-c3nc4cc(C)ccc4o3)cc2)cc1. The van der Waals surface area contributed by atoms with E-state index in [9.17, 15) is 4.79 Å². The summed E-state index contributed by atoms with van der Waals surface area (Å²) < 4.78 is 10.6. The summed E-state index contributed by atoms with van der Waals surface area (Å²) >= 11 is 0. The molecule has 0 aliphatic rings. The van der Waals surface area contributed by atoms with Crippen LogP contribution in [0.3, 0.4) is 0 Å².